The summed E-state index contributed by atoms with van der Waals surface area (Å²) in [6.45, 7) is 2.06. The molecule has 0 radical (unpaired) electrons. The number of nitrogens with two attached hydrogens (primary N) is 1. The summed E-state index contributed by atoms with van der Waals surface area (Å²) in [5.74, 6) is 5.77. The molecule has 0 saturated heterocycles. The number of thiophene rings is 1. The molecule has 1 aliphatic rings. The minimum atomic E-state index is 0.0583. The topological polar surface area (TPSA) is 50.9 Å². The lowest BCUT2D eigenvalue weighted by Gasteiger charge is -2.14. The van der Waals surface area contributed by atoms with E-state index in [4.69, 9.17) is 5.84 Å². The SMILES string of the molecule is Cc1cncc(C(NN)c2cc3c(s2)CCCC3)c1. The number of hydrogen-bond donors (Lipinski definition) is 2. The van der Waals surface area contributed by atoms with E-state index in [0.717, 1.165) is 5.56 Å². The van der Waals surface area contributed by atoms with Gasteiger partial charge in [-0.15, -0.1) is 11.3 Å². The molecule has 0 aromatic carbocycles. The van der Waals surface area contributed by atoms with Gasteiger partial charge in [0, 0.05) is 22.1 Å². The van der Waals surface area contributed by atoms with Crippen LogP contribution in [0.25, 0.3) is 0 Å². The van der Waals surface area contributed by atoms with E-state index in [0.29, 0.717) is 0 Å². The minimum absolute atomic E-state index is 0.0583. The number of rotatable bonds is 3. The summed E-state index contributed by atoms with van der Waals surface area (Å²) in [5, 5.41) is 0. The Morgan fingerprint density at radius 1 is 1.26 bits per heavy atom. The summed E-state index contributed by atoms with van der Waals surface area (Å²) >= 11 is 1.90. The molecule has 0 bridgehead atoms. The summed E-state index contributed by atoms with van der Waals surface area (Å²) in [6.07, 6.45) is 8.85. The largest absolute Gasteiger partial charge is 0.271 e. The lowest BCUT2D eigenvalue weighted by molar-refractivity contribution is 0.642. The third kappa shape index (κ3) is 2.56. The lowest BCUT2D eigenvalue weighted by atomic mass is 9.98. The van der Waals surface area contributed by atoms with Crippen molar-refractivity contribution in [2.75, 3.05) is 0 Å². The van der Waals surface area contributed by atoms with Gasteiger partial charge in [0.15, 0.2) is 0 Å². The molecule has 0 fully saturated rings. The third-order valence-electron chi connectivity index (χ3n) is 3.70. The summed E-state index contributed by atoms with van der Waals surface area (Å²) in [4.78, 5) is 7.12. The highest BCUT2D eigenvalue weighted by Gasteiger charge is 2.20. The molecule has 2 aromatic rings. The molecule has 0 aliphatic heterocycles. The first-order valence-electron chi connectivity index (χ1n) is 6.77. The quantitative estimate of drug-likeness (QED) is 0.668. The van der Waals surface area contributed by atoms with Gasteiger partial charge in [-0.05, 0) is 55.4 Å². The molecule has 3 N–H and O–H groups in total. The molecule has 0 spiro atoms. The summed E-state index contributed by atoms with van der Waals surface area (Å²) in [7, 11) is 0. The average molecular weight is 273 g/mol. The summed E-state index contributed by atoms with van der Waals surface area (Å²) in [6, 6.07) is 4.53. The van der Waals surface area contributed by atoms with Crippen LogP contribution in [0.15, 0.2) is 24.5 Å². The van der Waals surface area contributed by atoms with Gasteiger partial charge in [-0.3, -0.25) is 10.8 Å². The van der Waals surface area contributed by atoms with E-state index in [1.165, 1.54) is 41.7 Å². The number of aryl methyl sites for hydroxylation is 3. The zero-order chi connectivity index (χ0) is 13.2. The van der Waals surface area contributed by atoms with Gasteiger partial charge in [0.2, 0.25) is 0 Å². The molecule has 2 heterocycles. The molecule has 100 valence electrons. The van der Waals surface area contributed by atoms with Gasteiger partial charge in [-0.2, -0.15) is 0 Å². The first-order valence-corrected chi connectivity index (χ1v) is 7.59. The van der Waals surface area contributed by atoms with Gasteiger partial charge in [0.25, 0.3) is 0 Å². The highest BCUT2D eigenvalue weighted by Crippen LogP contribution is 2.34. The van der Waals surface area contributed by atoms with E-state index in [2.05, 4.69) is 29.5 Å². The van der Waals surface area contributed by atoms with Crippen LogP contribution in [0.5, 0.6) is 0 Å². The maximum atomic E-state index is 5.77. The van der Waals surface area contributed by atoms with Crippen LogP contribution in [-0.2, 0) is 12.8 Å². The zero-order valence-corrected chi connectivity index (χ0v) is 12.0. The zero-order valence-electron chi connectivity index (χ0n) is 11.1. The fraction of sp³-hybridized carbons (Fsp3) is 0.400. The van der Waals surface area contributed by atoms with Crippen LogP contribution >= 0.6 is 11.3 Å². The second-order valence-corrected chi connectivity index (χ2v) is 6.37. The van der Waals surface area contributed by atoms with E-state index in [1.54, 1.807) is 4.88 Å². The Labute approximate surface area is 117 Å². The molecule has 1 aliphatic carbocycles. The van der Waals surface area contributed by atoms with Crippen molar-refractivity contribution in [2.45, 2.75) is 38.6 Å². The van der Waals surface area contributed by atoms with Gasteiger partial charge in [0.05, 0.1) is 6.04 Å². The van der Waals surface area contributed by atoms with Gasteiger partial charge in [-0.25, -0.2) is 5.43 Å². The highest BCUT2D eigenvalue weighted by molar-refractivity contribution is 7.12. The van der Waals surface area contributed by atoms with Crippen LogP contribution in [0.4, 0.5) is 0 Å². The number of pyridine rings is 1. The normalized spacial score (nSPS) is 16.1. The van der Waals surface area contributed by atoms with Crippen molar-refractivity contribution in [1.82, 2.24) is 10.4 Å². The predicted octanol–water partition coefficient (Wildman–Crippen LogP) is 2.88. The van der Waals surface area contributed by atoms with Crippen molar-refractivity contribution in [1.29, 1.82) is 0 Å². The summed E-state index contributed by atoms with van der Waals surface area (Å²) < 4.78 is 0. The van der Waals surface area contributed by atoms with Gasteiger partial charge in [0.1, 0.15) is 0 Å². The lowest BCUT2D eigenvalue weighted by Crippen LogP contribution is -2.28. The molecule has 2 aromatic heterocycles. The number of hydrogen-bond acceptors (Lipinski definition) is 4. The van der Waals surface area contributed by atoms with Crippen molar-refractivity contribution in [3.8, 4) is 0 Å². The highest BCUT2D eigenvalue weighted by atomic mass is 32.1. The van der Waals surface area contributed by atoms with E-state index >= 15 is 0 Å². The van der Waals surface area contributed by atoms with Crippen molar-refractivity contribution >= 4 is 11.3 Å². The Hall–Kier alpha value is -1.23. The molecule has 1 atom stereocenters. The molecular formula is C15H19N3S. The first kappa shape index (κ1) is 12.8. The third-order valence-corrected chi connectivity index (χ3v) is 5.00. The monoisotopic (exact) mass is 273 g/mol. The van der Waals surface area contributed by atoms with Crippen LogP contribution in [-0.4, -0.2) is 4.98 Å². The maximum Gasteiger partial charge on any atom is 0.0817 e. The first-order chi connectivity index (χ1) is 9.28. The van der Waals surface area contributed by atoms with Crippen LogP contribution in [0, 0.1) is 6.92 Å². The Morgan fingerprint density at radius 3 is 2.84 bits per heavy atom. The number of fused-ring (bicyclic) bond motifs is 1. The smallest absolute Gasteiger partial charge is 0.0817 e. The predicted molar refractivity (Wildman–Crippen MR) is 79.1 cm³/mol. The van der Waals surface area contributed by atoms with Crippen LogP contribution in [0.1, 0.15) is 45.3 Å². The number of aromatic nitrogens is 1. The Morgan fingerprint density at radius 2 is 2.11 bits per heavy atom. The molecule has 0 amide bonds. The van der Waals surface area contributed by atoms with Crippen molar-refractivity contribution in [3.63, 3.8) is 0 Å². The molecule has 3 nitrogen and oxygen atoms in total. The van der Waals surface area contributed by atoms with E-state index < -0.39 is 0 Å². The fourth-order valence-corrected chi connectivity index (χ4v) is 4.08. The maximum absolute atomic E-state index is 5.77. The Kier molecular flexibility index (Phi) is 3.64. The number of nitrogens with one attached hydrogen (secondary N) is 1. The molecule has 3 rings (SSSR count). The van der Waals surface area contributed by atoms with Crippen molar-refractivity contribution < 1.29 is 0 Å². The summed E-state index contributed by atoms with van der Waals surface area (Å²) in [5.41, 5.74) is 6.77. The molecule has 1 unspecified atom stereocenters. The van der Waals surface area contributed by atoms with E-state index in [1.807, 2.05) is 23.7 Å². The van der Waals surface area contributed by atoms with Crippen LogP contribution < -0.4 is 11.3 Å². The molecular weight excluding hydrogens is 254 g/mol. The molecule has 4 heteroatoms. The van der Waals surface area contributed by atoms with Gasteiger partial charge >= 0.3 is 0 Å². The van der Waals surface area contributed by atoms with Crippen molar-refractivity contribution in [3.05, 3.63) is 51.0 Å². The van der Waals surface area contributed by atoms with E-state index in [-0.39, 0.29) is 6.04 Å². The Balaban J connectivity index is 1.96. The van der Waals surface area contributed by atoms with Gasteiger partial charge < -0.3 is 0 Å². The van der Waals surface area contributed by atoms with Crippen LogP contribution in [0.2, 0.25) is 0 Å². The number of nitrogens with zero attached hydrogens (tertiary/aromatic N) is 1. The van der Waals surface area contributed by atoms with E-state index in [9.17, 15) is 0 Å². The minimum Gasteiger partial charge on any atom is -0.271 e. The van der Waals surface area contributed by atoms with Crippen LogP contribution in [0.3, 0.4) is 0 Å². The molecule has 0 saturated carbocycles. The number of hydrazine groups is 1. The second-order valence-electron chi connectivity index (χ2n) is 5.20. The average Bonchev–Trinajstić information content (AvgIpc) is 2.83. The second kappa shape index (κ2) is 5.41. The fourth-order valence-electron chi connectivity index (χ4n) is 2.73. The van der Waals surface area contributed by atoms with Crippen molar-refractivity contribution in [2.24, 2.45) is 5.84 Å². The van der Waals surface area contributed by atoms with Gasteiger partial charge in [-0.1, -0.05) is 6.07 Å². The standard InChI is InChI=1S/C15H19N3S/c1-10-6-12(9-17-8-10)15(18-16)14-7-11-4-2-3-5-13(11)19-14/h6-9,15,18H,2-5,16H2,1H3. The molecule has 19 heavy (non-hydrogen) atoms. The Bertz CT molecular complexity index is 553.